The lowest BCUT2D eigenvalue weighted by Gasteiger charge is -2.17. The van der Waals surface area contributed by atoms with E-state index in [9.17, 15) is 9.59 Å². The maximum atomic E-state index is 12.1. The van der Waals surface area contributed by atoms with Crippen LogP contribution in [-0.2, 0) is 20.7 Å². The summed E-state index contributed by atoms with van der Waals surface area (Å²) in [6.07, 6.45) is 0.631. The van der Waals surface area contributed by atoms with Gasteiger partial charge in [-0.25, -0.2) is 9.50 Å². The van der Waals surface area contributed by atoms with Gasteiger partial charge in [0.15, 0.2) is 6.10 Å². The van der Waals surface area contributed by atoms with Gasteiger partial charge < -0.3 is 9.64 Å². The topological polar surface area (TPSA) is 89.7 Å². The van der Waals surface area contributed by atoms with Gasteiger partial charge in [0.1, 0.15) is 6.33 Å². The van der Waals surface area contributed by atoms with Crippen LogP contribution in [-0.4, -0.2) is 56.6 Å². The zero-order chi connectivity index (χ0) is 16.4. The number of nitrogens with zero attached hydrogens (tertiary/aromatic N) is 5. The van der Waals surface area contributed by atoms with Crippen LogP contribution in [0.2, 0.25) is 0 Å². The fourth-order valence-electron chi connectivity index (χ4n) is 2.21. The lowest BCUT2D eigenvalue weighted by atomic mass is 10.1. The van der Waals surface area contributed by atoms with Crippen LogP contribution in [0.5, 0.6) is 0 Å². The monoisotopic (exact) mass is 305 g/mol. The van der Waals surface area contributed by atoms with Crippen LogP contribution >= 0.6 is 0 Å². The number of carbonyl (C=O) groups is 2. The van der Waals surface area contributed by atoms with E-state index in [0.717, 1.165) is 11.3 Å². The van der Waals surface area contributed by atoms with Crippen LogP contribution in [0.4, 0.5) is 0 Å². The first-order chi connectivity index (χ1) is 10.3. The van der Waals surface area contributed by atoms with E-state index < -0.39 is 12.1 Å². The summed E-state index contributed by atoms with van der Waals surface area (Å²) in [7, 11) is 3.23. The second-order valence-electron chi connectivity index (χ2n) is 5.27. The van der Waals surface area contributed by atoms with Gasteiger partial charge in [-0.2, -0.15) is 10.1 Å². The van der Waals surface area contributed by atoms with Crippen molar-refractivity contribution >= 4 is 17.7 Å². The van der Waals surface area contributed by atoms with Crippen molar-refractivity contribution in [3.63, 3.8) is 0 Å². The zero-order valence-corrected chi connectivity index (χ0v) is 13.3. The molecule has 0 aromatic carbocycles. The van der Waals surface area contributed by atoms with E-state index in [1.165, 1.54) is 11.2 Å². The molecular weight excluding hydrogens is 286 g/mol. The molecule has 8 heteroatoms. The molecule has 1 atom stereocenters. The van der Waals surface area contributed by atoms with E-state index in [0.29, 0.717) is 11.5 Å². The molecule has 2 aromatic rings. The van der Waals surface area contributed by atoms with Crippen LogP contribution < -0.4 is 0 Å². The van der Waals surface area contributed by atoms with Crippen molar-refractivity contribution in [2.45, 2.75) is 33.3 Å². The zero-order valence-electron chi connectivity index (χ0n) is 13.3. The highest BCUT2D eigenvalue weighted by Gasteiger charge is 2.21. The molecule has 118 valence electrons. The summed E-state index contributed by atoms with van der Waals surface area (Å²) in [4.78, 5) is 33.5. The van der Waals surface area contributed by atoms with Crippen molar-refractivity contribution < 1.29 is 14.3 Å². The highest BCUT2D eigenvalue weighted by atomic mass is 16.5. The minimum atomic E-state index is -0.814. The minimum absolute atomic E-state index is 0.0332. The van der Waals surface area contributed by atoms with E-state index >= 15 is 0 Å². The van der Waals surface area contributed by atoms with Crippen molar-refractivity contribution in [2.75, 3.05) is 14.1 Å². The number of hydrogen-bond acceptors (Lipinski definition) is 6. The third-order valence-corrected chi connectivity index (χ3v) is 3.41. The Balaban J connectivity index is 2.17. The second-order valence-corrected chi connectivity index (χ2v) is 5.27. The van der Waals surface area contributed by atoms with Crippen LogP contribution in [0.3, 0.4) is 0 Å². The third kappa shape index (κ3) is 3.05. The quantitative estimate of drug-likeness (QED) is 0.755. The Morgan fingerprint density at radius 3 is 2.68 bits per heavy atom. The molecule has 1 amide bonds. The van der Waals surface area contributed by atoms with Gasteiger partial charge in [-0.05, 0) is 20.8 Å². The summed E-state index contributed by atoms with van der Waals surface area (Å²) in [5.41, 5.74) is 2.21. The number of esters is 1. The smallest absolute Gasteiger partial charge is 0.311 e. The molecule has 0 aliphatic heterocycles. The molecule has 0 aliphatic rings. The van der Waals surface area contributed by atoms with Gasteiger partial charge in [0.2, 0.25) is 0 Å². The molecule has 2 aromatic heterocycles. The van der Waals surface area contributed by atoms with Crippen molar-refractivity contribution in [3.8, 4) is 0 Å². The standard InChI is InChI=1S/C14H19N5O3/c1-8-11(9(2)19-14(17-8)15-7-16-19)6-12(20)22-10(3)13(21)18(4)5/h7,10H,6H2,1-5H3/t10-/m0/s1. The van der Waals surface area contributed by atoms with E-state index in [2.05, 4.69) is 15.1 Å². The average Bonchev–Trinajstić information content (AvgIpc) is 2.90. The molecule has 0 saturated carbocycles. The number of carbonyl (C=O) groups excluding carboxylic acids is 2. The largest absolute Gasteiger partial charge is 0.452 e. The predicted molar refractivity (Wildman–Crippen MR) is 78.2 cm³/mol. The number of aromatic nitrogens is 4. The molecule has 2 heterocycles. The van der Waals surface area contributed by atoms with Crippen molar-refractivity contribution in [1.82, 2.24) is 24.5 Å². The lowest BCUT2D eigenvalue weighted by Crippen LogP contribution is -2.35. The Hall–Kier alpha value is -2.51. The summed E-state index contributed by atoms with van der Waals surface area (Å²) in [5.74, 6) is -0.245. The molecule has 0 radical (unpaired) electrons. The van der Waals surface area contributed by atoms with Crippen LogP contribution in [0.25, 0.3) is 5.78 Å². The maximum Gasteiger partial charge on any atom is 0.311 e. The Morgan fingerprint density at radius 1 is 1.36 bits per heavy atom. The molecule has 0 saturated heterocycles. The highest BCUT2D eigenvalue weighted by Crippen LogP contribution is 2.14. The Kier molecular flexibility index (Phi) is 4.39. The highest BCUT2D eigenvalue weighted by molar-refractivity contribution is 5.83. The third-order valence-electron chi connectivity index (χ3n) is 3.41. The molecule has 0 N–H and O–H groups in total. The first-order valence-corrected chi connectivity index (χ1v) is 6.87. The van der Waals surface area contributed by atoms with Gasteiger partial charge in [0, 0.05) is 31.0 Å². The Morgan fingerprint density at radius 2 is 2.05 bits per heavy atom. The Bertz CT molecular complexity index is 723. The van der Waals surface area contributed by atoms with Gasteiger partial charge in [0.05, 0.1) is 6.42 Å². The van der Waals surface area contributed by atoms with Crippen molar-refractivity contribution in [1.29, 1.82) is 0 Å². The molecule has 2 rings (SSSR count). The van der Waals surface area contributed by atoms with Gasteiger partial charge >= 0.3 is 5.97 Å². The maximum absolute atomic E-state index is 12.1. The van der Waals surface area contributed by atoms with Gasteiger partial charge in [-0.15, -0.1) is 0 Å². The van der Waals surface area contributed by atoms with Gasteiger partial charge in [-0.3, -0.25) is 9.59 Å². The van der Waals surface area contributed by atoms with Crippen LogP contribution in [0, 0.1) is 13.8 Å². The summed E-state index contributed by atoms with van der Waals surface area (Å²) in [6.45, 7) is 5.20. The summed E-state index contributed by atoms with van der Waals surface area (Å²) < 4.78 is 6.75. The number of likely N-dealkylation sites (N-methyl/N-ethyl adjacent to an activating group) is 1. The molecular formula is C14H19N5O3. The van der Waals surface area contributed by atoms with E-state index in [-0.39, 0.29) is 12.3 Å². The van der Waals surface area contributed by atoms with Crippen LogP contribution in [0.15, 0.2) is 6.33 Å². The van der Waals surface area contributed by atoms with E-state index in [1.54, 1.807) is 32.5 Å². The average molecular weight is 305 g/mol. The Labute approximate surface area is 128 Å². The van der Waals surface area contributed by atoms with Crippen molar-refractivity contribution in [2.24, 2.45) is 0 Å². The number of fused-ring (bicyclic) bond motifs is 1. The van der Waals surface area contributed by atoms with Crippen LogP contribution in [0.1, 0.15) is 23.9 Å². The van der Waals surface area contributed by atoms with Gasteiger partial charge in [0.25, 0.3) is 11.7 Å². The van der Waals surface area contributed by atoms with Crippen molar-refractivity contribution in [3.05, 3.63) is 23.3 Å². The van der Waals surface area contributed by atoms with E-state index in [1.807, 2.05) is 6.92 Å². The van der Waals surface area contributed by atoms with E-state index in [4.69, 9.17) is 4.74 Å². The first-order valence-electron chi connectivity index (χ1n) is 6.87. The summed E-state index contributed by atoms with van der Waals surface area (Å²) in [5, 5.41) is 4.07. The SMILES string of the molecule is Cc1nc2ncnn2c(C)c1CC(=O)O[C@@H](C)C(=O)N(C)C. The summed E-state index contributed by atoms with van der Waals surface area (Å²) in [6, 6.07) is 0. The number of rotatable bonds is 4. The number of amides is 1. The number of ether oxygens (including phenoxy) is 1. The molecule has 0 unspecified atom stereocenters. The lowest BCUT2D eigenvalue weighted by molar-refractivity contribution is -0.157. The van der Waals surface area contributed by atoms with Gasteiger partial charge in [-0.1, -0.05) is 0 Å². The fourth-order valence-corrected chi connectivity index (χ4v) is 2.21. The normalized spacial score (nSPS) is 12.2. The first kappa shape index (κ1) is 15.9. The summed E-state index contributed by atoms with van der Waals surface area (Å²) >= 11 is 0. The number of aryl methyl sites for hydroxylation is 2. The molecule has 0 spiro atoms. The molecule has 0 aliphatic carbocycles. The molecule has 0 fully saturated rings. The molecule has 22 heavy (non-hydrogen) atoms. The fraction of sp³-hybridized carbons (Fsp3) is 0.500. The minimum Gasteiger partial charge on any atom is -0.452 e. The predicted octanol–water partition coefficient (Wildman–Crippen LogP) is 0.304. The second kappa shape index (κ2) is 6.08. The number of hydrogen-bond donors (Lipinski definition) is 0. The molecule has 0 bridgehead atoms. The molecule has 8 nitrogen and oxygen atoms in total.